The average Bonchev–Trinajstić information content (AvgIpc) is 3.10. The molecule has 0 bridgehead atoms. The van der Waals surface area contributed by atoms with Crippen LogP contribution in [-0.4, -0.2) is 142 Å². The number of methoxy groups -OCH3 is 1. The van der Waals surface area contributed by atoms with Gasteiger partial charge in [0.1, 0.15) is 55.4 Å². The predicted octanol–water partition coefficient (Wildman–Crippen LogP) is -2.22. The van der Waals surface area contributed by atoms with E-state index < -0.39 is 111 Å². The molecule has 0 aromatic heterocycles. The Bertz CT molecular complexity index is 1380. The second kappa shape index (κ2) is 17.3. The van der Waals surface area contributed by atoms with Gasteiger partial charge in [-0.25, -0.2) is 9.59 Å². The van der Waals surface area contributed by atoms with Crippen molar-refractivity contribution in [2.75, 3.05) is 20.3 Å². The van der Waals surface area contributed by atoms with Crippen molar-refractivity contribution in [2.24, 2.45) is 5.92 Å². The Morgan fingerprint density at radius 1 is 0.857 bits per heavy atom. The minimum absolute atomic E-state index is 0.121. The molecule has 0 amide bonds. The van der Waals surface area contributed by atoms with Crippen molar-refractivity contribution in [3.05, 3.63) is 65.5 Å². The maximum Gasteiger partial charge on any atom is 0.337 e. The van der Waals surface area contributed by atoms with Crippen molar-refractivity contribution in [3.8, 4) is 0 Å². The molecular weight excluding hydrogens is 656 g/mol. The molecule has 0 saturated carbocycles. The molecule has 0 unspecified atom stereocenters. The van der Waals surface area contributed by atoms with E-state index in [1.54, 1.807) is 30.3 Å². The van der Waals surface area contributed by atoms with Crippen molar-refractivity contribution in [2.45, 2.75) is 81.0 Å². The Labute approximate surface area is 280 Å². The molecule has 3 heterocycles. The van der Waals surface area contributed by atoms with Crippen LogP contribution in [0.1, 0.15) is 18.9 Å². The number of aliphatic hydroxyl groups excluding tert-OH is 7. The number of rotatable bonds is 11. The smallest absolute Gasteiger partial charge is 0.337 e. The van der Waals surface area contributed by atoms with Crippen molar-refractivity contribution in [3.63, 3.8) is 0 Å². The van der Waals surface area contributed by atoms with Gasteiger partial charge >= 0.3 is 17.9 Å². The summed E-state index contributed by atoms with van der Waals surface area (Å²) in [4.78, 5) is 38.1. The molecule has 4 rings (SSSR count). The van der Waals surface area contributed by atoms with Crippen molar-refractivity contribution in [1.82, 2.24) is 0 Å². The van der Waals surface area contributed by atoms with Gasteiger partial charge in [0, 0.05) is 17.6 Å². The summed E-state index contributed by atoms with van der Waals surface area (Å²) in [6, 6.07) is 8.77. The summed E-state index contributed by atoms with van der Waals surface area (Å²) in [6.07, 6.45) is -13.6. The molecule has 12 atom stereocenters. The van der Waals surface area contributed by atoms with E-state index >= 15 is 0 Å². The molecule has 270 valence electrons. The number of hydrogen-bond donors (Lipinski definition) is 7. The quantitative estimate of drug-likeness (QED) is 0.0559. The van der Waals surface area contributed by atoms with Gasteiger partial charge in [-0.3, -0.25) is 4.79 Å². The maximum atomic E-state index is 13.1. The fourth-order valence-corrected chi connectivity index (χ4v) is 5.36. The van der Waals surface area contributed by atoms with Crippen LogP contribution in [0.25, 0.3) is 6.08 Å². The Kier molecular flexibility index (Phi) is 13.4. The van der Waals surface area contributed by atoms with Crippen LogP contribution in [0.15, 0.2) is 59.9 Å². The molecule has 2 fully saturated rings. The zero-order valence-electron chi connectivity index (χ0n) is 26.5. The van der Waals surface area contributed by atoms with Gasteiger partial charge in [0.15, 0.2) is 6.29 Å². The minimum atomic E-state index is -1.84. The summed E-state index contributed by atoms with van der Waals surface area (Å²) >= 11 is 0. The van der Waals surface area contributed by atoms with Crippen molar-refractivity contribution in [1.29, 1.82) is 0 Å². The molecule has 3 aliphatic rings. The third-order valence-corrected chi connectivity index (χ3v) is 8.12. The van der Waals surface area contributed by atoms with E-state index in [4.69, 9.17) is 33.2 Å². The second-order valence-electron chi connectivity index (χ2n) is 11.3. The van der Waals surface area contributed by atoms with Crippen LogP contribution in [0.5, 0.6) is 0 Å². The van der Waals surface area contributed by atoms with Crippen LogP contribution in [0, 0.1) is 5.92 Å². The van der Waals surface area contributed by atoms with Crippen LogP contribution in [-0.2, 0) is 47.5 Å². The summed E-state index contributed by atoms with van der Waals surface area (Å²) in [5.74, 6) is -3.82. The number of benzene rings is 1. The van der Waals surface area contributed by atoms with Crippen LogP contribution in [0.3, 0.4) is 0 Å². The molecule has 0 spiro atoms. The van der Waals surface area contributed by atoms with Crippen LogP contribution in [0.2, 0.25) is 0 Å². The molecule has 17 heteroatoms. The van der Waals surface area contributed by atoms with E-state index in [9.17, 15) is 50.1 Å². The first-order valence-electron chi connectivity index (χ1n) is 15.2. The molecule has 17 nitrogen and oxygen atoms in total. The molecule has 0 aliphatic carbocycles. The largest absolute Gasteiger partial charge is 0.468 e. The zero-order valence-corrected chi connectivity index (χ0v) is 26.5. The zero-order chi connectivity index (χ0) is 35.8. The Morgan fingerprint density at radius 3 is 2.12 bits per heavy atom. The van der Waals surface area contributed by atoms with Crippen LogP contribution >= 0.6 is 0 Å². The minimum Gasteiger partial charge on any atom is -0.468 e. The normalized spacial score (nSPS) is 35.7. The third-order valence-electron chi connectivity index (χ3n) is 8.12. The van der Waals surface area contributed by atoms with Gasteiger partial charge in [0.25, 0.3) is 0 Å². The highest BCUT2D eigenvalue weighted by atomic mass is 16.8. The molecule has 49 heavy (non-hydrogen) atoms. The van der Waals surface area contributed by atoms with E-state index in [1.165, 1.54) is 19.1 Å². The highest BCUT2D eigenvalue weighted by Gasteiger charge is 2.48. The SMILES string of the molecule is C/C=C1\[C@H](O[C@@H]2O[C@H](CO)[C@@H](O)[C@H](O)[C@H]2O)OC=C(C(=O)OC)[C@H]1CC(=O)OC[C@@H]1O[C@H](OC(=O)/C=C/c2ccccc2)[C@@H](O)[C@H](O)[C@H]1O. The lowest BCUT2D eigenvalue weighted by Gasteiger charge is -2.42. The molecule has 1 aromatic rings. The van der Waals surface area contributed by atoms with E-state index in [0.717, 1.165) is 19.4 Å². The lowest BCUT2D eigenvalue weighted by atomic mass is 9.86. The lowest BCUT2D eigenvalue weighted by Crippen LogP contribution is -2.60. The van der Waals surface area contributed by atoms with Crippen LogP contribution in [0.4, 0.5) is 0 Å². The molecule has 2 saturated heterocycles. The summed E-state index contributed by atoms with van der Waals surface area (Å²) < 4.78 is 37.3. The third kappa shape index (κ3) is 9.08. The first kappa shape index (κ1) is 38.1. The lowest BCUT2D eigenvalue weighted by molar-refractivity contribution is -0.327. The second-order valence-corrected chi connectivity index (χ2v) is 11.3. The van der Waals surface area contributed by atoms with E-state index in [1.807, 2.05) is 0 Å². The van der Waals surface area contributed by atoms with Gasteiger partial charge in [-0.05, 0) is 18.6 Å². The topological polar surface area (TPSA) is 257 Å². The first-order valence-corrected chi connectivity index (χ1v) is 15.2. The number of carbonyl (C=O) groups is 3. The van der Waals surface area contributed by atoms with Gasteiger partial charge < -0.3 is 68.9 Å². The summed E-state index contributed by atoms with van der Waals surface area (Å²) in [6.45, 7) is 0.155. The van der Waals surface area contributed by atoms with Crippen molar-refractivity contribution < 1.29 is 83.3 Å². The van der Waals surface area contributed by atoms with Gasteiger partial charge in [0.05, 0.1) is 32.0 Å². The van der Waals surface area contributed by atoms with Crippen LogP contribution < -0.4 is 0 Å². The molecule has 0 radical (unpaired) electrons. The molecule has 7 N–H and O–H groups in total. The number of esters is 3. The fourth-order valence-electron chi connectivity index (χ4n) is 5.36. The maximum absolute atomic E-state index is 13.1. The van der Waals surface area contributed by atoms with E-state index in [2.05, 4.69) is 0 Å². The number of aliphatic hydroxyl groups is 7. The standard InChI is InChI=1S/C32H40O17/c1-3-16-17(18(29(42)43-2)13-45-30(16)49-32-28(41)25(38)23(36)19(12-33)46-32)11-22(35)44-14-20-24(37)26(39)27(40)31(47-20)48-21(34)10-9-15-7-5-4-6-8-15/h3-10,13,17,19-20,23-28,30-33,36-41H,11-12,14H2,1-2H3/b10-9+,16-3-/t17-,19+,20-,23+,24-,25-,26+,27-,28+,30-,31+,32-/m0/s1. The predicted molar refractivity (Wildman–Crippen MR) is 161 cm³/mol. The molecular formula is C32H40O17. The fraction of sp³-hybridized carbons (Fsp3) is 0.531. The van der Waals surface area contributed by atoms with Crippen molar-refractivity contribution >= 4 is 24.0 Å². The van der Waals surface area contributed by atoms with E-state index in [0.29, 0.717) is 5.56 Å². The number of allylic oxidation sites excluding steroid dienone is 1. The number of carbonyl (C=O) groups excluding carboxylic acids is 3. The van der Waals surface area contributed by atoms with Gasteiger partial charge in [-0.1, -0.05) is 36.4 Å². The van der Waals surface area contributed by atoms with Gasteiger partial charge in [0.2, 0.25) is 12.6 Å². The van der Waals surface area contributed by atoms with E-state index in [-0.39, 0.29) is 11.1 Å². The van der Waals surface area contributed by atoms with Gasteiger partial charge in [-0.15, -0.1) is 0 Å². The Morgan fingerprint density at radius 2 is 1.49 bits per heavy atom. The monoisotopic (exact) mass is 696 g/mol. The molecule has 3 aliphatic heterocycles. The summed E-state index contributed by atoms with van der Waals surface area (Å²) in [7, 11) is 1.10. The average molecular weight is 697 g/mol. The Balaban J connectivity index is 1.41. The number of hydrogen-bond acceptors (Lipinski definition) is 17. The highest BCUT2D eigenvalue weighted by Crippen LogP contribution is 2.36. The summed E-state index contributed by atoms with van der Waals surface area (Å²) in [5.41, 5.74) is 0.733. The van der Waals surface area contributed by atoms with Gasteiger partial charge in [-0.2, -0.15) is 0 Å². The highest BCUT2D eigenvalue weighted by molar-refractivity contribution is 5.90. The molecule has 1 aromatic carbocycles. The first-order chi connectivity index (χ1) is 23.4. The summed E-state index contributed by atoms with van der Waals surface area (Å²) in [5, 5.41) is 71.3. The Hall–Kier alpha value is -3.75. The number of ether oxygens (including phenoxy) is 7.